The number of sulfone groups is 1. The lowest BCUT2D eigenvalue weighted by Gasteiger charge is -2.37. The Balaban J connectivity index is 1.47. The van der Waals surface area contributed by atoms with Gasteiger partial charge in [0.15, 0.2) is 9.84 Å². The fourth-order valence-electron chi connectivity index (χ4n) is 3.20. The van der Waals surface area contributed by atoms with Crippen molar-refractivity contribution in [2.45, 2.75) is 42.9 Å². The predicted octanol–water partition coefficient (Wildman–Crippen LogP) is 2.86. The maximum Gasteiger partial charge on any atom is 0.154 e. The molecule has 2 aliphatic rings. The lowest BCUT2D eigenvalue weighted by atomic mass is 9.76. The van der Waals surface area contributed by atoms with Crippen LogP contribution in [0.25, 0.3) is 0 Å². The van der Waals surface area contributed by atoms with Crippen LogP contribution >= 0.6 is 15.9 Å². The van der Waals surface area contributed by atoms with Gasteiger partial charge in [-0.15, -0.1) is 0 Å². The van der Waals surface area contributed by atoms with E-state index in [1.807, 2.05) is 6.07 Å². The van der Waals surface area contributed by atoms with E-state index in [9.17, 15) is 8.42 Å². The van der Waals surface area contributed by atoms with E-state index in [1.165, 1.54) is 5.56 Å². The SMILES string of the molecule is O=S1(=O)CCCC1CNC1CC(c2cccc(Br)c2)C1. The van der Waals surface area contributed by atoms with E-state index in [0.29, 0.717) is 24.3 Å². The molecular weight excluding hydrogens is 338 g/mol. The van der Waals surface area contributed by atoms with Crippen molar-refractivity contribution in [1.82, 2.24) is 5.32 Å². The van der Waals surface area contributed by atoms with E-state index in [0.717, 1.165) is 30.2 Å². The van der Waals surface area contributed by atoms with Crippen molar-refractivity contribution in [2.75, 3.05) is 12.3 Å². The Morgan fingerprint density at radius 3 is 2.75 bits per heavy atom. The zero-order chi connectivity index (χ0) is 14.2. The monoisotopic (exact) mass is 357 g/mol. The van der Waals surface area contributed by atoms with Gasteiger partial charge in [-0.3, -0.25) is 0 Å². The average molecular weight is 358 g/mol. The Morgan fingerprint density at radius 2 is 2.10 bits per heavy atom. The number of rotatable bonds is 4. The fourth-order valence-corrected chi connectivity index (χ4v) is 5.40. The van der Waals surface area contributed by atoms with Gasteiger partial charge in [0, 0.05) is 17.1 Å². The van der Waals surface area contributed by atoms with Gasteiger partial charge in [-0.25, -0.2) is 8.42 Å². The second-order valence-corrected chi connectivity index (χ2v) is 9.28. The molecule has 0 radical (unpaired) electrons. The normalized spacial score (nSPS) is 31.9. The van der Waals surface area contributed by atoms with Crippen molar-refractivity contribution in [2.24, 2.45) is 0 Å². The van der Waals surface area contributed by atoms with Crippen LogP contribution in [-0.2, 0) is 9.84 Å². The first kappa shape index (κ1) is 14.5. The number of benzene rings is 1. The van der Waals surface area contributed by atoms with Gasteiger partial charge in [0.1, 0.15) is 0 Å². The van der Waals surface area contributed by atoms with E-state index in [-0.39, 0.29) is 5.25 Å². The Labute approximate surface area is 129 Å². The summed E-state index contributed by atoms with van der Waals surface area (Å²) in [6, 6.07) is 8.96. The van der Waals surface area contributed by atoms with Crippen LogP contribution in [0.15, 0.2) is 28.7 Å². The largest absolute Gasteiger partial charge is 0.313 e. The molecule has 1 unspecified atom stereocenters. The van der Waals surface area contributed by atoms with Crippen LogP contribution < -0.4 is 5.32 Å². The minimum atomic E-state index is -2.81. The van der Waals surface area contributed by atoms with Crippen molar-refractivity contribution in [3.8, 4) is 0 Å². The summed E-state index contributed by atoms with van der Waals surface area (Å²) in [7, 11) is -2.81. The Kier molecular flexibility index (Phi) is 4.20. The molecule has 0 amide bonds. The van der Waals surface area contributed by atoms with Crippen LogP contribution in [-0.4, -0.2) is 32.0 Å². The van der Waals surface area contributed by atoms with E-state index in [4.69, 9.17) is 0 Å². The van der Waals surface area contributed by atoms with E-state index >= 15 is 0 Å². The Hall–Kier alpha value is -0.390. The summed E-state index contributed by atoms with van der Waals surface area (Å²) in [4.78, 5) is 0. The molecule has 110 valence electrons. The van der Waals surface area contributed by atoms with Crippen LogP contribution in [0.2, 0.25) is 0 Å². The van der Waals surface area contributed by atoms with Gasteiger partial charge in [0.25, 0.3) is 0 Å². The molecule has 0 spiro atoms. The van der Waals surface area contributed by atoms with Gasteiger partial charge in [0.05, 0.1) is 11.0 Å². The summed E-state index contributed by atoms with van der Waals surface area (Å²) < 4.78 is 24.6. The molecule has 0 bridgehead atoms. The van der Waals surface area contributed by atoms with Gasteiger partial charge >= 0.3 is 0 Å². The molecule has 1 saturated carbocycles. The van der Waals surface area contributed by atoms with Crippen LogP contribution in [0.5, 0.6) is 0 Å². The van der Waals surface area contributed by atoms with Crippen LogP contribution in [0.4, 0.5) is 0 Å². The van der Waals surface area contributed by atoms with E-state index < -0.39 is 9.84 Å². The Morgan fingerprint density at radius 1 is 1.30 bits per heavy atom. The second-order valence-electron chi connectivity index (χ2n) is 5.96. The fraction of sp³-hybridized carbons (Fsp3) is 0.600. The first-order chi connectivity index (χ1) is 9.54. The topological polar surface area (TPSA) is 46.2 Å². The zero-order valence-electron chi connectivity index (χ0n) is 11.4. The highest BCUT2D eigenvalue weighted by Crippen LogP contribution is 2.37. The van der Waals surface area contributed by atoms with Crippen molar-refractivity contribution in [1.29, 1.82) is 0 Å². The maximum atomic E-state index is 11.8. The molecule has 1 aromatic rings. The van der Waals surface area contributed by atoms with Crippen molar-refractivity contribution in [3.63, 3.8) is 0 Å². The predicted molar refractivity (Wildman–Crippen MR) is 84.7 cm³/mol. The van der Waals surface area contributed by atoms with E-state index in [2.05, 4.69) is 39.4 Å². The van der Waals surface area contributed by atoms with Crippen molar-refractivity contribution < 1.29 is 8.42 Å². The lowest BCUT2D eigenvalue weighted by Crippen LogP contribution is -2.44. The molecule has 1 N–H and O–H groups in total. The molecule has 1 aliphatic heterocycles. The second kappa shape index (κ2) is 5.78. The van der Waals surface area contributed by atoms with Gasteiger partial charge in [0.2, 0.25) is 0 Å². The molecule has 20 heavy (non-hydrogen) atoms. The summed E-state index contributed by atoms with van der Waals surface area (Å²) in [6.07, 6.45) is 3.89. The molecule has 5 heteroatoms. The van der Waals surface area contributed by atoms with Gasteiger partial charge in [-0.2, -0.15) is 0 Å². The number of hydrogen-bond donors (Lipinski definition) is 1. The third-order valence-corrected chi connectivity index (χ3v) is 7.32. The maximum absolute atomic E-state index is 11.8. The molecule has 1 aliphatic carbocycles. The average Bonchev–Trinajstić information content (AvgIpc) is 2.67. The lowest BCUT2D eigenvalue weighted by molar-refractivity contribution is 0.291. The molecule has 1 saturated heterocycles. The molecule has 1 aromatic carbocycles. The number of halogens is 1. The smallest absolute Gasteiger partial charge is 0.154 e. The summed E-state index contributed by atoms with van der Waals surface area (Å²) in [5, 5.41) is 3.29. The summed E-state index contributed by atoms with van der Waals surface area (Å²) in [5.74, 6) is 0.996. The highest BCUT2D eigenvalue weighted by Gasteiger charge is 2.34. The van der Waals surface area contributed by atoms with Crippen molar-refractivity contribution >= 4 is 25.8 Å². The molecule has 1 heterocycles. The van der Waals surface area contributed by atoms with Crippen LogP contribution in [0.3, 0.4) is 0 Å². The molecule has 3 nitrogen and oxygen atoms in total. The quantitative estimate of drug-likeness (QED) is 0.900. The summed E-state index contributed by atoms with van der Waals surface area (Å²) in [6.45, 7) is 0.637. The molecule has 3 rings (SSSR count). The van der Waals surface area contributed by atoms with Gasteiger partial charge in [-0.05, 0) is 49.3 Å². The highest BCUT2D eigenvalue weighted by atomic mass is 79.9. The van der Waals surface area contributed by atoms with Crippen LogP contribution in [0.1, 0.15) is 37.2 Å². The molecule has 1 atom stereocenters. The van der Waals surface area contributed by atoms with Gasteiger partial charge in [-0.1, -0.05) is 28.1 Å². The van der Waals surface area contributed by atoms with E-state index in [1.54, 1.807) is 0 Å². The standard InChI is InChI=1S/C15H20BrNO2S/c16-13-4-1-3-11(7-13)12-8-14(9-12)17-10-15-5-2-6-20(15,18)19/h1,3-4,7,12,14-15,17H,2,5-6,8-10H2. The molecule has 0 aromatic heterocycles. The minimum Gasteiger partial charge on any atom is -0.313 e. The number of nitrogens with one attached hydrogen (secondary N) is 1. The Bertz CT molecular complexity index is 581. The minimum absolute atomic E-state index is 0.146. The summed E-state index contributed by atoms with van der Waals surface area (Å²) in [5.41, 5.74) is 1.38. The first-order valence-corrected chi connectivity index (χ1v) is 9.76. The number of hydrogen-bond acceptors (Lipinski definition) is 3. The zero-order valence-corrected chi connectivity index (χ0v) is 13.8. The highest BCUT2D eigenvalue weighted by molar-refractivity contribution is 9.10. The molecule has 2 fully saturated rings. The van der Waals surface area contributed by atoms with Crippen LogP contribution in [0, 0.1) is 0 Å². The van der Waals surface area contributed by atoms with Gasteiger partial charge < -0.3 is 5.32 Å². The first-order valence-electron chi connectivity index (χ1n) is 7.25. The third-order valence-electron chi connectivity index (χ3n) is 4.56. The van der Waals surface area contributed by atoms with Crippen molar-refractivity contribution in [3.05, 3.63) is 34.3 Å². The molecular formula is C15H20BrNO2S. The summed E-state index contributed by atoms with van der Waals surface area (Å²) >= 11 is 3.50. The third kappa shape index (κ3) is 3.10.